The molecule has 0 saturated heterocycles. The number of Topliss-reactive ketones (excluding diaryl/α,β-unsaturated/α-hetero) is 1. The van der Waals surface area contributed by atoms with Gasteiger partial charge in [-0.3, -0.25) is 4.79 Å². The molecule has 1 aromatic heterocycles. The lowest BCUT2D eigenvalue weighted by Crippen LogP contribution is -2.08. The molecule has 0 spiro atoms. The fraction of sp³-hybridized carbons (Fsp3) is 0.429. The molecular formula is C14H18N2O. The summed E-state index contributed by atoms with van der Waals surface area (Å²) in [4.78, 5) is 16.4. The van der Waals surface area contributed by atoms with Crippen LogP contribution in [0.5, 0.6) is 0 Å². The first-order chi connectivity index (χ1) is 8.18. The number of aromatic nitrogens is 1. The number of aryl methyl sites for hydroxylation is 1. The number of nitrogen functional groups attached to an aromatic ring is 1. The smallest absolute Gasteiger partial charge is 0.192 e. The molecule has 1 heterocycles. The maximum Gasteiger partial charge on any atom is 0.192 e. The first kappa shape index (κ1) is 11.8. The van der Waals surface area contributed by atoms with E-state index in [-0.39, 0.29) is 5.78 Å². The third-order valence-corrected chi connectivity index (χ3v) is 3.13. The zero-order valence-corrected chi connectivity index (χ0v) is 10.2. The lowest BCUT2D eigenvalue weighted by Gasteiger charge is -2.07. The molecule has 2 rings (SSSR count). The van der Waals surface area contributed by atoms with Crippen molar-refractivity contribution in [2.75, 3.05) is 5.73 Å². The Hall–Kier alpha value is -1.64. The van der Waals surface area contributed by atoms with Crippen molar-refractivity contribution in [3.05, 3.63) is 35.0 Å². The van der Waals surface area contributed by atoms with E-state index in [1.807, 2.05) is 13.0 Å². The van der Waals surface area contributed by atoms with Crippen molar-refractivity contribution in [2.45, 2.75) is 39.0 Å². The third-order valence-electron chi connectivity index (χ3n) is 3.13. The molecule has 0 radical (unpaired) electrons. The summed E-state index contributed by atoms with van der Waals surface area (Å²) in [7, 11) is 0. The molecule has 0 aliphatic heterocycles. The van der Waals surface area contributed by atoms with E-state index < -0.39 is 0 Å². The predicted molar refractivity (Wildman–Crippen MR) is 68.9 cm³/mol. The Labute approximate surface area is 102 Å². The van der Waals surface area contributed by atoms with Crippen molar-refractivity contribution < 1.29 is 4.79 Å². The molecule has 0 atom stereocenters. The van der Waals surface area contributed by atoms with Gasteiger partial charge in [0.25, 0.3) is 0 Å². The molecule has 0 amide bonds. The summed E-state index contributed by atoms with van der Waals surface area (Å²) in [6.45, 7) is 1.92. The SMILES string of the molecule is Cc1cnc(N)c(C(=O)C2=CCCCCC2)c1. The molecule has 90 valence electrons. The van der Waals surface area contributed by atoms with Gasteiger partial charge in [0, 0.05) is 6.20 Å². The summed E-state index contributed by atoms with van der Waals surface area (Å²) in [5.74, 6) is 0.395. The number of ketones is 1. The average Bonchev–Trinajstić information content (AvgIpc) is 2.60. The Morgan fingerprint density at radius 3 is 3.00 bits per heavy atom. The molecule has 0 saturated carbocycles. The van der Waals surface area contributed by atoms with E-state index in [0.29, 0.717) is 11.4 Å². The predicted octanol–water partition coefficient (Wildman–Crippen LogP) is 3.05. The molecule has 1 aliphatic carbocycles. The lowest BCUT2D eigenvalue weighted by molar-refractivity contribution is 0.103. The van der Waals surface area contributed by atoms with Crippen LogP contribution in [0.4, 0.5) is 5.82 Å². The van der Waals surface area contributed by atoms with E-state index in [4.69, 9.17) is 5.73 Å². The average molecular weight is 230 g/mol. The Morgan fingerprint density at radius 1 is 1.35 bits per heavy atom. The van der Waals surface area contributed by atoms with Crippen molar-refractivity contribution in [1.29, 1.82) is 0 Å². The minimum atomic E-state index is 0.0561. The van der Waals surface area contributed by atoms with Crippen LogP contribution < -0.4 is 5.73 Å². The quantitative estimate of drug-likeness (QED) is 0.794. The summed E-state index contributed by atoms with van der Waals surface area (Å²) >= 11 is 0. The zero-order chi connectivity index (χ0) is 12.3. The van der Waals surface area contributed by atoms with Gasteiger partial charge in [0.2, 0.25) is 0 Å². The Morgan fingerprint density at radius 2 is 2.18 bits per heavy atom. The highest BCUT2D eigenvalue weighted by Crippen LogP contribution is 2.23. The monoisotopic (exact) mass is 230 g/mol. The Bertz CT molecular complexity index is 463. The fourth-order valence-electron chi connectivity index (χ4n) is 2.16. The van der Waals surface area contributed by atoms with Crippen LogP contribution in [-0.4, -0.2) is 10.8 Å². The number of rotatable bonds is 2. The van der Waals surface area contributed by atoms with Gasteiger partial charge in [-0.25, -0.2) is 4.98 Å². The van der Waals surface area contributed by atoms with Crippen molar-refractivity contribution in [3.63, 3.8) is 0 Å². The maximum absolute atomic E-state index is 12.3. The van der Waals surface area contributed by atoms with Crippen molar-refractivity contribution in [3.8, 4) is 0 Å². The van der Waals surface area contributed by atoms with E-state index in [9.17, 15) is 4.79 Å². The number of carbonyl (C=O) groups excluding carboxylic acids is 1. The Kier molecular flexibility index (Phi) is 3.57. The van der Waals surface area contributed by atoms with E-state index in [1.54, 1.807) is 6.20 Å². The number of pyridine rings is 1. The number of nitrogens with zero attached hydrogens (tertiary/aromatic N) is 1. The molecule has 3 heteroatoms. The highest BCUT2D eigenvalue weighted by Gasteiger charge is 2.16. The highest BCUT2D eigenvalue weighted by atomic mass is 16.1. The van der Waals surface area contributed by atoms with Crippen molar-refractivity contribution in [2.24, 2.45) is 0 Å². The molecule has 0 aromatic carbocycles. The van der Waals surface area contributed by atoms with Crippen LogP contribution in [0.25, 0.3) is 0 Å². The summed E-state index contributed by atoms with van der Waals surface area (Å²) in [6, 6.07) is 1.83. The van der Waals surface area contributed by atoms with Gasteiger partial charge in [0.05, 0.1) is 5.56 Å². The summed E-state index contributed by atoms with van der Waals surface area (Å²) in [5, 5.41) is 0. The largest absolute Gasteiger partial charge is 0.383 e. The van der Waals surface area contributed by atoms with Crippen molar-refractivity contribution >= 4 is 11.6 Å². The van der Waals surface area contributed by atoms with Gasteiger partial charge in [-0.1, -0.05) is 12.5 Å². The minimum absolute atomic E-state index is 0.0561. The third kappa shape index (κ3) is 2.73. The standard InChI is InChI=1S/C14H18N2O/c1-10-8-12(14(15)16-9-10)13(17)11-6-4-2-3-5-7-11/h6,8-9H,2-5,7H2,1H3,(H2,15,16). The number of hydrogen-bond donors (Lipinski definition) is 1. The Balaban J connectivity index is 2.29. The van der Waals surface area contributed by atoms with Gasteiger partial charge in [-0.15, -0.1) is 0 Å². The van der Waals surface area contributed by atoms with Crippen LogP contribution in [0.3, 0.4) is 0 Å². The van der Waals surface area contributed by atoms with Crippen LogP contribution in [0.15, 0.2) is 23.9 Å². The first-order valence-corrected chi connectivity index (χ1v) is 6.14. The van der Waals surface area contributed by atoms with Crippen molar-refractivity contribution in [1.82, 2.24) is 4.98 Å². The van der Waals surface area contributed by atoms with Crippen LogP contribution in [-0.2, 0) is 0 Å². The molecule has 3 nitrogen and oxygen atoms in total. The number of hydrogen-bond acceptors (Lipinski definition) is 3. The molecular weight excluding hydrogens is 212 g/mol. The normalized spacial score (nSPS) is 16.2. The number of anilines is 1. The minimum Gasteiger partial charge on any atom is -0.383 e. The van der Waals surface area contributed by atoms with E-state index in [0.717, 1.165) is 30.4 Å². The van der Waals surface area contributed by atoms with Gasteiger partial charge >= 0.3 is 0 Å². The lowest BCUT2D eigenvalue weighted by atomic mass is 9.99. The van der Waals surface area contributed by atoms with E-state index >= 15 is 0 Å². The first-order valence-electron chi connectivity index (χ1n) is 6.14. The second kappa shape index (κ2) is 5.13. The second-order valence-corrected chi connectivity index (χ2v) is 4.60. The van der Waals surface area contributed by atoms with Gasteiger partial charge in [-0.2, -0.15) is 0 Å². The van der Waals surface area contributed by atoms with Gasteiger partial charge in [0.1, 0.15) is 5.82 Å². The molecule has 1 aliphatic rings. The maximum atomic E-state index is 12.3. The van der Waals surface area contributed by atoms with Gasteiger partial charge in [0.15, 0.2) is 5.78 Å². The van der Waals surface area contributed by atoms with Crippen LogP contribution >= 0.6 is 0 Å². The number of carbonyl (C=O) groups is 1. The second-order valence-electron chi connectivity index (χ2n) is 4.60. The van der Waals surface area contributed by atoms with Gasteiger partial charge in [-0.05, 0) is 49.8 Å². The van der Waals surface area contributed by atoms with Gasteiger partial charge < -0.3 is 5.73 Å². The van der Waals surface area contributed by atoms with E-state index in [2.05, 4.69) is 11.1 Å². The van der Waals surface area contributed by atoms with Crippen LogP contribution in [0.1, 0.15) is 48.0 Å². The number of allylic oxidation sites excluding steroid dienone is 2. The summed E-state index contributed by atoms with van der Waals surface area (Å²) in [5.41, 5.74) is 8.20. The van der Waals surface area contributed by atoms with Crippen LogP contribution in [0, 0.1) is 6.92 Å². The molecule has 17 heavy (non-hydrogen) atoms. The summed E-state index contributed by atoms with van der Waals surface area (Å²) < 4.78 is 0. The molecule has 1 aromatic rings. The van der Waals surface area contributed by atoms with Crippen LogP contribution in [0.2, 0.25) is 0 Å². The fourth-order valence-corrected chi connectivity index (χ4v) is 2.16. The zero-order valence-electron chi connectivity index (χ0n) is 10.2. The topological polar surface area (TPSA) is 56.0 Å². The molecule has 2 N–H and O–H groups in total. The molecule has 0 bridgehead atoms. The number of nitrogens with two attached hydrogens (primary N) is 1. The molecule has 0 unspecified atom stereocenters. The van der Waals surface area contributed by atoms with E-state index in [1.165, 1.54) is 12.8 Å². The summed E-state index contributed by atoms with van der Waals surface area (Å²) in [6.07, 6.45) is 9.10. The molecule has 0 fully saturated rings. The highest BCUT2D eigenvalue weighted by molar-refractivity contribution is 6.11.